The van der Waals surface area contributed by atoms with Crippen LogP contribution in [0.15, 0.2) is 80.9 Å². The van der Waals surface area contributed by atoms with Crippen LogP contribution in [0, 0.1) is 20.2 Å². The summed E-state index contributed by atoms with van der Waals surface area (Å²) in [7, 11) is 0. The lowest BCUT2D eigenvalue weighted by molar-refractivity contribution is -0.393. The number of hydrogen-bond donors (Lipinski definition) is 1. The third-order valence-electron chi connectivity index (χ3n) is 3.75. The second-order valence-corrected chi connectivity index (χ2v) is 6.45. The predicted octanol–water partition coefficient (Wildman–Crippen LogP) is 5.39. The summed E-state index contributed by atoms with van der Waals surface area (Å²) in [5, 5.41) is 26.4. The maximum Gasteiger partial charge on any atom is 0.301 e. The lowest BCUT2D eigenvalue weighted by Gasteiger charge is -2.05. The van der Waals surface area contributed by atoms with Crippen molar-refractivity contribution < 1.29 is 14.3 Å². The number of furan rings is 1. The Balaban J connectivity index is 1.95. The van der Waals surface area contributed by atoms with E-state index in [0.717, 1.165) is 11.6 Å². The van der Waals surface area contributed by atoms with Gasteiger partial charge in [-0.05, 0) is 46.3 Å². The quantitative estimate of drug-likeness (QED) is 0.288. The van der Waals surface area contributed by atoms with Crippen molar-refractivity contribution in [3.05, 3.63) is 103 Å². The maximum atomic E-state index is 11.3. The highest BCUT2D eigenvalue weighted by molar-refractivity contribution is 9.10. The molecule has 29 heavy (non-hydrogen) atoms. The average molecular weight is 457 g/mol. The molecule has 0 spiro atoms. The number of nitro benzene ring substituents is 2. The number of hydrogen-bond acceptors (Lipinski definition) is 7. The van der Waals surface area contributed by atoms with Crippen LogP contribution in [0.2, 0.25) is 0 Å². The molecule has 0 radical (unpaired) electrons. The summed E-state index contributed by atoms with van der Waals surface area (Å²) in [5.74, 6) is 0.585. The van der Waals surface area contributed by atoms with Crippen molar-refractivity contribution in [1.29, 1.82) is 0 Å². The van der Waals surface area contributed by atoms with Crippen molar-refractivity contribution in [3.63, 3.8) is 0 Å². The molecule has 0 bridgehead atoms. The zero-order valence-corrected chi connectivity index (χ0v) is 16.3. The maximum absolute atomic E-state index is 11.3. The van der Waals surface area contributed by atoms with E-state index >= 15 is 0 Å². The van der Waals surface area contributed by atoms with Gasteiger partial charge in [0.2, 0.25) is 0 Å². The van der Waals surface area contributed by atoms with Gasteiger partial charge in [0.25, 0.3) is 5.69 Å². The molecular formula is C19H13BrN4O5. The molecule has 0 saturated heterocycles. The zero-order valence-electron chi connectivity index (χ0n) is 14.7. The third kappa shape index (κ3) is 5.14. The zero-order chi connectivity index (χ0) is 20.8. The van der Waals surface area contributed by atoms with E-state index in [4.69, 9.17) is 4.42 Å². The molecular weight excluding hydrogens is 444 g/mol. The number of rotatable bonds is 7. The van der Waals surface area contributed by atoms with Crippen LogP contribution in [0.25, 0.3) is 6.08 Å². The molecule has 0 aliphatic carbocycles. The van der Waals surface area contributed by atoms with Crippen molar-refractivity contribution in [2.24, 2.45) is 5.10 Å². The molecule has 1 aromatic heterocycles. The summed E-state index contributed by atoms with van der Waals surface area (Å²) < 4.78 is 6.00. The highest BCUT2D eigenvalue weighted by Crippen LogP contribution is 2.29. The molecule has 0 fully saturated rings. The first-order valence-electron chi connectivity index (χ1n) is 8.19. The summed E-state index contributed by atoms with van der Waals surface area (Å²) in [6.07, 6.45) is 3.38. The van der Waals surface area contributed by atoms with Gasteiger partial charge in [-0.3, -0.25) is 25.7 Å². The van der Waals surface area contributed by atoms with E-state index in [1.54, 1.807) is 24.3 Å². The van der Waals surface area contributed by atoms with Crippen molar-refractivity contribution in [1.82, 2.24) is 0 Å². The van der Waals surface area contributed by atoms with E-state index < -0.39 is 15.5 Å². The van der Waals surface area contributed by atoms with E-state index in [0.29, 0.717) is 16.1 Å². The van der Waals surface area contributed by atoms with Crippen LogP contribution in [0.5, 0.6) is 0 Å². The molecule has 0 unspecified atom stereocenters. The molecule has 2 aromatic carbocycles. The molecule has 1 N–H and O–H groups in total. The molecule has 0 aliphatic rings. The standard InChI is InChI=1S/C19H13BrN4O5/c20-19-11-8-15(29-19)7-10-16(13-4-2-1-3-5-13)21-22-17-9-6-14(23(25)26)12-18(17)24(27)28/h1-12,22H/b10-7+,21-16-. The number of nitro groups is 2. The Labute approximate surface area is 172 Å². The summed E-state index contributed by atoms with van der Waals surface area (Å²) in [5.41, 5.74) is 3.07. The van der Waals surface area contributed by atoms with E-state index in [1.807, 2.05) is 30.3 Å². The Morgan fingerprint density at radius 2 is 1.79 bits per heavy atom. The van der Waals surface area contributed by atoms with Crippen molar-refractivity contribution in [2.45, 2.75) is 0 Å². The Morgan fingerprint density at radius 1 is 1.03 bits per heavy atom. The fraction of sp³-hybridized carbons (Fsp3) is 0. The van der Waals surface area contributed by atoms with Crippen LogP contribution in [-0.2, 0) is 0 Å². The first-order valence-corrected chi connectivity index (χ1v) is 8.99. The van der Waals surface area contributed by atoms with Crippen LogP contribution in [-0.4, -0.2) is 15.6 Å². The van der Waals surface area contributed by atoms with E-state index in [9.17, 15) is 20.2 Å². The van der Waals surface area contributed by atoms with Crippen LogP contribution in [0.3, 0.4) is 0 Å². The van der Waals surface area contributed by atoms with Gasteiger partial charge in [-0.2, -0.15) is 5.10 Å². The van der Waals surface area contributed by atoms with Gasteiger partial charge in [-0.25, -0.2) is 0 Å². The van der Waals surface area contributed by atoms with Crippen molar-refractivity contribution in [3.8, 4) is 0 Å². The molecule has 0 atom stereocenters. The van der Waals surface area contributed by atoms with Crippen LogP contribution in [0.1, 0.15) is 11.3 Å². The molecule has 146 valence electrons. The van der Waals surface area contributed by atoms with Gasteiger partial charge in [0.1, 0.15) is 11.4 Å². The minimum absolute atomic E-state index is 0.0307. The number of hydrazone groups is 1. The SMILES string of the molecule is O=[N+]([O-])c1ccc(N/N=C(/C=C/c2ccc(Br)o2)c2ccccc2)c([N+](=O)[O-])c1. The fourth-order valence-corrected chi connectivity index (χ4v) is 2.70. The van der Waals surface area contributed by atoms with Gasteiger partial charge in [-0.1, -0.05) is 30.3 Å². The van der Waals surface area contributed by atoms with Gasteiger partial charge in [0.05, 0.1) is 21.6 Å². The smallest absolute Gasteiger partial charge is 0.301 e. The first kappa shape index (κ1) is 20.0. The number of non-ortho nitro benzene ring substituents is 1. The lowest BCUT2D eigenvalue weighted by Crippen LogP contribution is -2.03. The monoisotopic (exact) mass is 456 g/mol. The molecule has 0 saturated carbocycles. The first-order chi connectivity index (χ1) is 13.9. The number of allylic oxidation sites excluding steroid dienone is 1. The number of benzene rings is 2. The van der Waals surface area contributed by atoms with E-state index in [1.165, 1.54) is 12.1 Å². The molecule has 1 heterocycles. The normalized spacial score (nSPS) is 11.6. The Kier molecular flexibility index (Phi) is 6.15. The second kappa shape index (κ2) is 8.93. The molecule has 0 amide bonds. The number of halogens is 1. The Bertz CT molecular complexity index is 1110. The Morgan fingerprint density at radius 3 is 2.41 bits per heavy atom. The second-order valence-electron chi connectivity index (χ2n) is 5.67. The van der Waals surface area contributed by atoms with Crippen molar-refractivity contribution in [2.75, 3.05) is 5.43 Å². The summed E-state index contributed by atoms with van der Waals surface area (Å²) in [4.78, 5) is 20.8. The summed E-state index contributed by atoms with van der Waals surface area (Å²) in [6.45, 7) is 0. The molecule has 10 heteroatoms. The van der Waals surface area contributed by atoms with Crippen molar-refractivity contribution >= 4 is 44.8 Å². The molecule has 3 aromatic rings. The number of nitrogens with zero attached hydrogens (tertiary/aromatic N) is 3. The van der Waals surface area contributed by atoms with Gasteiger partial charge in [0.15, 0.2) is 4.67 Å². The summed E-state index contributed by atoms with van der Waals surface area (Å²) in [6, 6.07) is 16.0. The minimum atomic E-state index is -0.705. The van der Waals surface area contributed by atoms with Gasteiger partial charge < -0.3 is 4.42 Å². The molecule has 9 nitrogen and oxygen atoms in total. The Hall–Kier alpha value is -3.79. The number of anilines is 1. The van der Waals surface area contributed by atoms with Crippen LogP contribution in [0.4, 0.5) is 17.1 Å². The van der Waals surface area contributed by atoms with Gasteiger partial charge in [0, 0.05) is 11.6 Å². The lowest BCUT2D eigenvalue weighted by atomic mass is 10.1. The number of nitrogens with one attached hydrogen (secondary N) is 1. The van der Waals surface area contributed by atoms with Crippen LogP contribution < -0.4 is 5.43 Å². The highest BCUT2D eigenvalue weighted by Gasteiger charge is 2.19. The molecule has 3 rings (SSSR count). The fourth-order valence-electron chi connectivity index (χ4n) is 2.39. The minimum Gasteiger partial charge on any atom is -0.450 e. The molecule has 0 aliphatic heterocycles. The largest absolute Gasteiger partial charge is 0.450 e. The third-order valence-corrected chi connectivity index (χ3v) is 4.18. The average Bonchev–Trinajstić information content (AvgIpc) is 3.13. The predicted molar refractivity (Wildman–Crippen MR) is 112 cm³/mol. The van der Waals surface area contributed by atoms with Gasteiger partial charge >= 0.3 is 5.69 Å². The van der Waals surface area contributed by atoms with Gasteiger partial charge in [-0.15, -0.1) is 0 Å². The summed E-state index contributed by atoms with van der Waals surface area (Å²) >= 11 is 3.23. The van der Waals surface area contributed by atoms with Crippen LogP contribution >= 0.6 is 15.9 Å². The van der Waals surface area contributed by atoms with E-state index in [2.05, 4.69) is 26.5 Å². The van der Waals surface area contributed by atoms with E-state index in [-0.39, 0.29) is 11.4 Å². The topological polar surface area (TPSA) is 124 Å². The highest BCUT2D eigenvalue weighted by atomic mass is 79.9.